The SMILES string of the molecule is COC1=C2CCCCCCCCCC([N+](=O)[O-])(CC1)C2=O. The van der Waals surface area contributed by atoms with E-state index in [9.17, 15) is 14.9 Å². The fraction of sp³-hybridized carbons (Fsp3) is 0.812. The number of methoxy groups -OCH3 is 1. The molecule has 118 valence electrons. The predicted molar refractivity (Wildman–Crippen MR) is 79.6 cm³/mol. The minimum atomic E-state index is -1.39. The molecule has 0 saturated heterocycles. The van der Waals surface area contributed by atoms with Gasteiger partial charge in [-0.3, -0.25) is 14.9 Å². The molecule has 0 N–H and O–H groups in total. The number of Topliss-reactive ketones (excluding diaryl/α,β-unsaturated/α-hetero) is 1. The van der Waals surface area contributed by atoms with Gasteiger partial charge in [0.25, 0.3) is 5.54 Å². The zero-order chi connectivity index (χ0) is 15.3. The Labute approximate surface area is 125 Å². The van der Waals surface area contributed by atoms with Gasteiger partial charge in [-0.2, -0.15) is 0 Å². The summed E-state index contributed by atoms with van der Waals surface area (Å²) in [5.74, 6) is 0.394. The number of hydrogen-bond acceptors (Lipinski definition) is 4. The van der Waals surface area contributed by atoms with Gasteiger partial charge in [0.05, 0.1) is 7.11 Å². The Balaban J connectivity index is 2.32. The molecule has 2 bridgehead atoms. The number of nitro groups is 1. The molecule has 1 atom stereocenters. The molecule has 1 fully saturated rings. The monoisotopic (exact) mass is 295 g/mol. The van der Waals surface area contributed by atoms with Crippen LogP contribution in [0.25, 0.3) is 0 Å². The molecule has 5 heteroatoms. The second kappa shape index (κ2) is 7.05. The summed E-state index contributed by atoms with van der Waals surface area (Å²) in [4.78, 5) is 24.1. The van der Waals surface area contributed by atoms with E-state index in [1.165, 1.54) is 12.8 Å². The maximum absolute atomic E-state index is 12.8. The number of hydrogen-bond donors (Lipinski definition) is 0. The van der Waals surface area contributed by atoms with Gasteiger partial charge in [-0.15, -0.1) is 0 Å². The quantitative estimate of drug-likeness (QED) is 0.574. The summed E-state index contributed by atoms with van der Waals surface area (Å²) >= 11 is 0. The van der Waals surface area contributed by atoms with Gasteiger partial charge in [-0.25, -0.2) is 0 Å². The van der Waals surface area contributed by atoms with Gasteiger partial charge in [-0.05, 0) is 19.3 Å². The molecule has 1 saturated carbocycles. The number of rotatable bonds is 2. The van der Waals surface area contributed by atoms with E-state index in [-0.39, 0.29) is 17.1 Å². The van der Waals surface area contributed by atoms with Crippen molar-refractivity contribution in [3.63, 3.8) is 0 Å². The van der Waals surface area contributed by atoms with Crippen molar-refractivity contribution in [2.75, 3.05) is 7.11 Å². The second-order valence-corrected chi connectivity index (χ2v) is 6.20. The van der Waals surface area contributed by atoms with E-state index in [2.05, 4.69) is 0 Å². The van der Waals surface area contributed by atoms with E-state index >= 15 is 0 Å². The summed E-state index contributed by atoms with van der Waals surface area (Å²) in [7, 11) is 1.56. The molecular formula is C16H25NO4. The lowest BCUT2D eigenvalue weighted by Gasteiger charge is -2.30. The molecule has 0 heterocycles. The number of carbonyl (C=O) groups is 1. The van der Waals surface area contributed by atoms with Crippen LogP contribution in [0.15, 0.2) is 11.3 Å². The molecule has 0 aromatic carbocycles. The van der Waals surface area contributed by atoms with Gasteiger partial charge >= 0.3 is 0 Å². The van der Waals surface area contributed by atoms with Gasteiger partial charge in [0, 0.05) is 29.8 Å². The molecule has 2 aliphatic rings. The summed E-state index contributed by atoms with van der Waals surface area (Å²) < 4.78 is 5.33. The minimum Gasteiger partial charge on any atom is -0.501 e. The van der Waals surface area contributed by atoms with Crippen LogP contribution in [0.1, 0.15) is 70.6 Å². The Morgan fingerprint density at radius 3 is 2.24 bits per heavy atom. The topological polar surface area (TPSA) is 69.4 Å². The summed E-state index contributed by atoms with van der Waals surface area (Å²) in [5, 5.41) is 11.6. The highest BCUT2D eigenvalue weighted by Gasteiger charge is 2.53. The Hall–Kier alpha value is -1.39. The summed E-state index contributed by atoms with van der Waals surface area (Å²) in [6.45, 7) is 0. The Morgan fingerprint density at radius 1 is 1.00 bits per heavy atom. The smallest absolute Gasteiger partial charge is 0.283 e. The predicted octanol–water partition coefficient (Wildman–Crippen LogP) is 3.79. The molecule has 2 aliphatic carbocycles. The van der Waals surface area contributed by atoms with E-state index in [0.29, 0.717) is 30.6 Å². The van der Waals surface area contributed by atoms with Crippen molar-refractivity contribution in [2.45, 2.75) is 76.2 Å². The van der Waals surface area contributed by atoms with Gasteiger partial charge in [-0.1, -0.05) is 32.1 Å². The van der Waals surface area contributed by atoms with Crippen molar-refractivity contribution >= 4 is 5.78 Å². The maximum Gasteiger partial charge on any atom is 0.283 e. The molecule has 0 aromatic heterocycles. The third-order valence-corrected chi connectivity index (χ3v) is 4.91. The molecule has 0 amide bonds. The van der Waals surface area contributed by atoms with Gasteiger partial charge in [0.15, 0.2) is 0 Å². The lowest BCUT2D eigenvalue weighted by Crippen LogP contribution is -2.49. The average molecular weight is 295 g/mol. The van der Waals surface area contributed by atoms with Crippen LogP contribution in [0.2, 0.25) is 0 Å². The number of carbonyl (C=O) groups excluding carboxylic acids is 1. The van der Waals surface area contributed by atoms with Crippen LogP contribution in [0, 0.1) is 10.1 Å². The molecule has 21 heavy (non-hydrogen) atoms. The van der Waals surface area contributed by atoms with E-state index in [4.69, 9.17) is 4.74 Å². The summed E-state index contributed by atoms with van der Waals surface area (Å²) in [6.07, 6.45) is 9.04. The number of nitrogens with zero attached hydrogens (tertiary/aromatic N) is 1. The molecule has 0 aromatic rings. The highest BCUT2D eigenvalue weighted by Crippen LogP contribution is 2.38. The van der Waals surface area contributed by atoms with Crippen LogP contribution >= 0.6 is 0 Å². The molecule has 1 unspecified atom stereocenters. The fourth-order valence-electron chi connectivity index (χ4n) is 3.58. The van der Waals surface area contributed by atoms with Crippen LogP contribution in [0.4, 0.5) is 0 Å². The average Bonchev–Trinajstić information content (AvgIpc) is 2.47. The van der Waals surface area contributed by atoms with E-state index in [1.807, 2.05) is 0 Å². The number of allylic oxidation sites excluding steroid dienone is 1. The second-order valence-electron chi connectivity index (χ2n) is 6.20. The van der Waals surface area contributed by atoms with Gasteiger partial charge in [0.1, 0.15) is 5.76 Å². The Kier molecular flexibility index (Phi) is 5.37. The molecular weight excluding hydrogens is 270 g/mol. The van der Waals surface area contributed by atoms with Crippen molar-refractivity contribution in [3.05, 3.63) is 21.4 Å². The van der Waals surface area contributed by atoms with Crippen molar-refractivity contribution < 1.29 is 14.5 Å². The lowest BCUT2D eigenvalue weighted by atomic mass is 9.75. The largest absolute Gasteiger partial charge is 0.501 e. The van der Waals surface area contributed by atoms with Gasteiger partial charge < -0.3 is 4.74 Å². The van der Waals surface area contributed by atoms with Crippen LogP contribution < -0.4 is 0 Å². The number of ketones is 1. The van der Waals surface area contributed by atoms with E-state index in [1.54, 1.807) is 7.11 Å². The standard InChI is InChI=1S/C16H25NO4/c1-21-14-10-12-16(17(19)20)11-8-6-4-2-3-5-7-9-13(14)15(16)18/h2-12H2,1H3. The third kappa shape index (κ3) is 3.27. The van der Waals surface area contributed by atoms with Crippen LogP contribution in [0.5, 0.6) is 0 Å². The maximum atomic E-state index is 12.8. The molecule has 0 radical (unpaired) electrons. The summed E-state index contributed by atoms with van der Waals surface area (Å²) in [5.41, 5.74) is -0.808. The third-order valence-electron chi connectivity index (χ3n) is 4.91. The van der Waals surface area contributed by atoms with Gasteiger partial charge in [0.2, 0.25) is 5.78 Å². The number of ether oxygens (including phenoxy) is 1. The van der Waals surface area contributed by atoms with Crippen LogP contribution in [-0.2, 0) is 9.53 Å². The molecule has 0 spiro atoms. The first-order valence-corrected chi connectivity index (χ1v) is 8.07. The normalized spacial score (nSPS) is 28.5. The molecule has 0 aliphatic heterocycles. The molecule has 2 rings (SSSR count). The van der Waals surface area contributed by atoms with Crippen molar-refractivity contribution in [1.82, 2.24) is 0 Å². The van der Waals surface area contributed by atoms with Crippen molar-refractivity contribution in [1.29, 1.82) is 0 Å². The lowest BCUT2D eigenvalue weighted by molar-refractivity contribution is -0.554. The van der Waals surface area contributed by atoms with Crippen LogP contribution in [-0.4, -0.2) is 23.4 Å². The highest BCUT2D eigenvalue weighted by atomic mass is 16.6. The van der Waals surface area contributed by atoms with E-state index < -0.39 is 5.54 Å². The van der Waals surface area contributed by atoms with Crippen LogP contribution in [0.3, 0.4) is 0 Å². The molecule has 5 nitrogen and oxygen atoms in total. The number of fused-ring (bicyclic) bond motifs is 2. The Morgan fingerprint density at radius 2 is 1.62 bits per heavy atom. The van der Waals surface area contributed by atoms with Crippen molar-refractivity contribution in [2.24, 2.45) is 0 Å². The minimum absolute atomic E-state index is 0.281. The summed E-state index contributed by atoms with van der Waals surface area (Å²) in [6, 6.07) is 0. The first-order chi connectivity index (χ1) is 10.1. The Bertz CT molecular complexity index is 444. The van der Waals surface area contributed by atoms with Crippen molar-refractivity contribution in [3.8, 4) is 0 Å². The first-order valence-electron chi connectivity index (χ1n) is 8.07. The van der Waals surface area contributed by atoms with E-state index in [0.717, 1.165) is 32.1 Å². The fourth-order valence-corrected chi connectivity index (χ4v) is 3.58. The zero-order valence-corrected chi connectivity index (χ0v) is 12.9. The first kappa shape index (κ1) is 16.0. The highest BCUT2D eigenvalue weighted by molar-refractivity contribution is 6.03. The zero-order valence-electron chi connectivity index (χ0n) is 12.9.